The molecule has 0 fully saturated rings. The molecule has 0 atom stereocenters. The molecule has 4 aromatic carbocycles. The van der Waals surface area contributed by atoms with Crippen LogP contribution in [0.4, 0.5) is 0 Å². The minimum atomic E-state index is -1.23. The number of benzene rings is 4. The number of carboxylic acid groups (broad SMARTS) is 1. The molecule has 4 aromatic rings. The maximum Gasteiger partial charge on any atom is 0.336 e. The van der Waals surface area contributed by atoms with Crippen LogP contribution in [0.2, 0.25) is 0 Å². The van der Waals surface area contributed by atoms with E-state index in [-0.39, 0.29) is 29.2 Å². The lowest BCUT2D eigenvalue weighted by atomic mass is 9.96. The molecule has 0 aliphatic heterocycles. The summed E-state index contributed by atoms with van der Waals surface area (Å²) in [5.74, 6) is -0.764. The van der Waals surface area contributed by atoms with Crippen LogP contribution in [0.25, 0.3) is 0 Å². The largest absolute Gasteiger partial charge is 0.493 e. The van der Waals surface area contributed by atoms with Crippen molar-refractivity contribution in [3.8, 4) is 17.2 Å². The maximum atomic E-state index is 13.5. The summed E-state index contributed by atoms with van der Waals surface area (Å²) in [6, 6.07) is 28.5. The first-order valence-corrected chi connectivity index (χ1v) is 11.0. The molecule has 6 nitrogen and oxygen atoms in total. The number of ketones is 1. The van der Waals surface area contributed by atoms with E-state index in [0.717, 1.165) is 11.1 Å². The molecular formula is C29H24O6. The second-order valence-electron chi connectivity index (χ2n) is 7.73. The van der Waals surface area contributed by atoms with Crippen molar-refractivity contribution in [3.63, 3.8) is 0 Å². The molecule has 6 heteroatoms. The highest BCUT2D eigenvalue weighted by Gasteiger charge is 2.26. The number of ether oxygens (including phenoxy) is 3. The van der Waals surface area contributed by atoms with Gasteiger partial charge in [0.1, 0.15) is 19.0 Å². The van der Waals surface area contributed by atoms with Crippen LogP contribution in [-0.2, 0) is 13.2 Å². The molecule has 0 aromatic heterocycles. The van der Waals surface area contributed by atoms with Gasteiger partial charge in [0.25, 0.3) is 0 Å². The third kappa shape index (κ3) is 5.68. The van der Waals surface area contributed by atoms with Crippen LogP contribution < -0.4 is 14.2 Å². The highest BCUT2D eigenvalue weighted by molar-refractivity contribution is 6.16. The molecule has 0 unspecified atom stereocenters. The topological polar surface area (TPSA) is 82.1 Å². The molecule has 0 aliphatic rings. The van der Waals surface area contributed by atoms with E-state index in [2.05, 4.69) is 0 Å². The van der Waals surface area contributed by atoms with Crippen molar-refractivity contribution in [2.75, 3.05) is 7.11 Å². The summed E-state index contributed by atoms with van der Waals surface area (Å²) >= 11 is 0. The van der Waals surface area contributed by atoms with Gasteiger partial charge >= 0.3 is 5.97 Å². The van der Waals surface area contributed by atoms with Crippen molar-refractivity contribution >= 4 is 11.8 Å². The lowest BCUT2D eigenvalue weighted by Crippen LogP contribution is -2.13. The molecular weight excluding hydrogens is 444 g/mol. The van der Waals surface area contributed by atoms with Crippen LogP contribution in [-0.4, -0.2) is 24.0 Å². The van der Waals surface area contributed by atoms with Crippen LogP contribution in [0.15, 0.2) is 97.1 Å². The minimum absolute atomic E-state index is 0.0641. The van der Waals surface area contributed by atoms with Gasteiger partial charge in [0, 0.05) is 5.56 Å². The van der Waals surface area contributed by atoms with Gasteiger partial charge in [-0.25, -0.2) is 4.79 Å². The number of carbonyl (C=O) groups is 2. The van der Waals surface area contributed by atoms with Gasteiger partial charge in [-0.15, -0.1) is 0 Å². The molecule has 1 N–H and O–H groups in total. The normalized spacial score (nSPS) is 10.4. The molecule has 0 spiro atoms. The summed E-state index contributed by atoms with van der Waals surface area (Å²) in [5.41, 5.74) is 1.97. The van der Waals surface area contributed by atoms with E-state index in [4.69, 9.17) is 14.2 Å². The Morgan fingerprint density at radius 2 is 1.29 bits per heavy atom. The summed E-state index contributed by atoms with van der Waals surface area (Å²) in [6.07, 6.45) is 0. The number of carbonyl (C=O) groups excluding carboxylic acids is 1. The van der Waals surface area contributed by atoms with Crippen molar-refractivity contribution in [1.29, 1.82) is 0 Å². The smallest absolute Gasteiger partial charge is 0.336 e. The van der Waals surface area contributed by atoms with E-state index in [1.165, 1.54) is 19.2 Å². The van der Waals surface area contributed by atoms with Crippen molar-refractivity contribution < 1.29 is 28.9 Å². The third-order valence-electron chi connectivity index (χ3n) is 5.39. The SMILES string of the molecule is COc1ccc(C(=O)O)c(C(=O)c2ccc(OCc3ccccc3)cc2)c1OCc1ccccc1. The molecule has 0 bridgehead atoms. The molecule has 0 radical (unpaired) electrons. The van der Waals surface area contributed by atoms with Crippen LogP contribution in [0.1, 0.15) is 37.4 Å². The predicted molar refractivity (Wildman–Crippen MR) is 131 cm³/mol. The predicted octanol–water partition coefficient (Wildman–Crippen LogP) is 5.78. The van der Waals surface area contributed by atoms with Crippen molar-refractivity contribution in [2.24, 2.45) is 0 Å². The number of rotatable bonds is 10. The Hall–Kier alpha value is -4.58. The zero-order valence-corrected chi connectivity index (χ0v) is 19.1. The Bertz CT molecular complexity index is 1300. The molecule has 176 valence electrons. The van der Waals surface area contributed by atoms with Gasteiger partial charge < -0.3 is 19.3 Å². The number of hydrogen-bond donors (Lipinski definition) is 1. The Balaban J connectivity index is 1.62. The molecule has 0 saturated carbocycles. The zero-order chi connectivity index (χ0) is 24.6. The summed E-state index contributed by atoms with van der Waals surface area (Å²) in [4.78, 5) is 25.5. The van der Waals surface area contributed by atoms with Crippen LogP contribution in [0.5, 0.6) is 17.2 Å². The van der Waals surface area contributed by atoms with Gasteiger partial charge in [0.05, 0.1) is 18.2 Å². The lowest BCUT2D eigenvalue weighted by molar-refractivity contribution is 0.0691. The molecule has 0 amide bonds. The highest BCUT2D eigenvalue weighted by atomic mass is 16.5. The number of carboxylic acids is 1. The van der Waals surface area contributed by atoms with Crippen molar-refractivity contribution in [1.82, 2.24) is 0 Å². The van der Waals surface area contributed by atoms with Gasteiger partial charge in [0.15, 0.2) is 17.3 Å². The summed E-state index contributed by atoms with van der Waals surface area (Å²) in [5, 5.41) is 9.79. The van der Waals surface area contributed by atoms with Gasteiger partial charge in [0.2, 0.25) is 0 Å². The summed E-state index contributed by atoms with van der Waals surface area (Å²) in [7, 11) is 1.44. The monoisotopic (exact) mass is 468 g/mol. The van der Waals surface area contributed by atoms with Crippen molar-refractivity contribution in [3.05, 3.63) is 125 Å². The fraction of sp³-hybridized carbons (Fsp3) is 0.103. The van der Waals surface area contributed by atoms with Gasteiger partial charge in [-0.05, 0) is 47.5 Å². The number of hydrogen-bond acceptors (Lipinski definition) is 5. The number of methoxy groups -OCH3 is 1. The first-order valence-electron chi connectivity index (χ1n) is 11.0. The van der Waals surface area contributed by atoms with E-state index in [0.29, 0.717) is 17.9 Å². The zero-order valence-electron chi connectivity index (χ0n) is 19.1. The standard InChI is InChI=1S/C29H24O6/c1-33-25-17-16-24(29(31)32)26(28(25)35-19-21-10-6-3-7-11-21)27(30)22-12-14-23(15-13-22)34-18-20-8-4-2-5-9-20/h2-17H,18-19H2,1H3,(H,31,32). The first-order chi connectivity index (χ1) is 17.1. The molecule has 0 heterocycles. The highest BCUT2D eigenvalue weighted by Crippen LogP contribution is 2.36. The van der Waals surface area contributed by atoms with Crippen LogP contribution in [0.3, 0.4) is 0 Å². The second kappa shape index (κ2) is 11.0. The number of aromatic carboxylic acids is 1. The Morgan fingerprint density at radius 1 is 0.714 bits per heavy atom. The van der Waals surface area contributed by atoms with Crippen LogP contribution in [0, 0.1) is 0 Å². The summed E-state index contributed by atoms with van der Waals surface area (Å²) < 4.78 is 17.1. The molecule has 4 rings (SSSR count). The quantitative estimate of drug-likeness (QED) is 0.297. The van der Waals surface area contributed by atoms with E-state index in [9.17, 15) is 14.7 Å². The van der Waals surface area contributed by atoms with Crippen molar-refractivity contribution in [2.45, 2.75) is 13.2 Å². The van der Waals surface area contributed by atoms with E-state index in [1.54, 1.807) is 24.3 Å². The van der Waals surface area contributed by atoms with E-state index >= 15 is 0 Å². The average Bonchev–Trinajstić information content (AvgIpc) is 2.91. The molecule has 0 aliphatic carbocycles. The maximum absolute atomic E-state index is 13.5. The summed E-state index contributed by atoms with van der Waals surface area (Å²) in [6.45, 7) is 0.539. The minimum Gasteiger partial charge on any atom is -0.493 e. The Kier molecular flexibility index (Phi) is 7.43. The lowest BCUT2D eigenvalue weighted by Gasteiger charge is -2.17. The molecule has 35 heavy (non-hydrogen) atoms. The average molecular weight is 469 g/mol. The van der Waals surface area contributed by atoms with Gasteiger partial charge in [-0.1, -0.05) is 60.7 Å². The second-order valence-corrected chi connectivity index (χ2v) is 7.73. The van der Waals surface area contributed by atoms with E-state index in [1.807, 2.05) is 60.7 Å². The first kappa shape index (κ1) is 23.6. The molecule has 0 saturated heterocycles. The third-order valence-corrected chi connectivity index (χ3v) is 5.39. The van der Waals surface area contributed by atoms with Gasteiger partial charge in [-0.2, -0.15) is 0 Å². The Morgan fingerprint density at radius 3 is 1.83 bits per heavy atom. The fourth-order valence-electron chi connectivity index (χ4n) is 3.59. The Labute approximate surface area is 203 Å². The van der Waals surface area contributed by atoms with Crippen LogP contribution >= 0.6 is 0 Å². The van der Waals surface area contributed by atoms with Gasteiger partial charge in [-0.3, -0.25) is 4.79 Å². The fourth-order valence-corrected chi connectivity index (χ4v) is 3.59. The van der Waals surface area contributed by atoms with E-state index < -0.39 is 11.8 Å².